The molecule has 0 aliphatic carbocycles. The maximum atomic E-state index is 10.7. The Hall–Kier alpha value is -0.340. The van der Waals surface area contributed by atoms with E-state index in [0.717, 1.165) is 5.92 Å². The van der Waals surface area contributed by atoms with Gasteiger partial charge in [-0.2, -0.15) is 13.2 Å². The van der Waals surface area contributed by atoms with E-state index >= 15 is 0 Å². The number of quaternary nitrogens is 1. The van der Waals surface area contributed by atoms with Crippen LogP contribution in [0.3, 0.4) is 0 Å². The van der Waals surface area contributed by atoms with Crippen LogP contribution < -0.4 is 4.90 Å². The summed E-state index contributed by atoms with van der Waals surface area (Å²) in [6.45, 7) is 9.01. The van der Waals surface area contributed by atoms with Crippen molar-refractivity contribution >= 4 is 10.1 Å². The lowest BCUT2D eigenvalue weighted by Gasteiger charge is -2.12. The fraction of sp³-hybridized carbons (Fsp3) is 1.00. The van der Waals surface area contributed by atoms with Crippen molar-refractivity contribution in [3.63, 3.8) is 0 Å². The predicted octanol–water partition coefficient (Wildman–Crippen LogP) is 3.10. The van der Waals surface area contributed by atoms with Crippen LogP contribution in [-0.4, -0.2) is 38.1 Å². The minimum absolute atomic E-state index is 1.04. The van der Waals surface area contributed by atoms with Gasteiger partial charge >= 0.3 is 5.51 Å². The SMILES string of the molecule is CCCCCCCCC[NH+]1CCC(CC)C1.O=S(=O)([O-])C(F)(F)F. The van der Waals surface area contributed by atoms with Crippen LogP contribution in [0.25, 0.3) is 0 Å². The molecule has 0 saturated carbocycles. The molecule has 0 aromatic heterocycles. The average molecular weight is 375 g/mol. The summed E-state index contributed by atoms with van der Waals surface area (Å²) in [6, 6.07) is 0. The fourth-order valence-electron chi connectivity index (χ4n) is 2.93. The molecule has 0 aromatic rings. The molecular weight excluding hydrogens is 343 g/mol. The van der Waals surface area contributed by atoms with Crippen LogP contribution in [0.2, 0.25) is 0 Å². The van der Waals surface area contributed by atoms with Crippen molar-refractivity contribution in [3.05, 3.63) is 0 Å². The molecule has 4 nitrogen and oxygen atoms in total. The molecule has 1 aliphatic rings. The van der Waals surface area contributed by atoms with Crippen molar-refractivity contribution in [2.45, 2.75) is 77.1 Å². The molecule has 1 rings (SSSR count). The number of unbranched alkanes of at least 4 members (excludes halogenated alkanes) is 6. The molecule has 8 heteroatoms. The van der Waals surface area contributed by atoms with E-state index < -0.39 is 15.6 Å². The van der Waals surface area contributed by atoms with Crippen LogP contribution in [0.1, 0.15) is 71.6 Å². The lowest BCUT2D eigenvalue weighted by Crippen LogP contribution is -3.10. The van der Waals surface area contributed by atoms with Crippen LogP contribution >= 0.6 is 0 Å². The number of alkyl halides is 3. The number of hydrogen-bond acceptors (Lipinski definition) is 3. The van der Waals surface area contributed by atoms with Crippen LogP contribution in [0.4, 0.5) is 13.2 Å². The first kappa shape index (κ1) is 23.7. The highest BCUT2D eigenvalue weighted by Gasteiger charge is 2.36. The van der Waals surface area contributed by atoms with Gasteiger partial charge in [0.05, 0.1) is 19.6 Å². The summed E-state index contributed by atoms with van der Waals surface area (Å²) in [5.41, 5.74) is -5.65. The Morgan fingerprint density at radius 1 is 1.04 bits per heavy atom. The van der Waals surface area contributed by atoms with Crippen molar-refractivity contribution in [1.29, 1.82) is 0 Å². The highest BCUT2D eigenvalue weighted by Crippen LogP contribution is 2.20. The summed E-state index contributed by atoms with van der Waals surface area (Å²) in [5.74, 6) is 1.04. The minimum Gasteiger partial charge on any atom is -0.741 e. The topological polar surface area (TPSA) is 61.6 Å². The Kier molecular flexibility index (Phi) is 11.9. The quantitative estimate of drug-likeness (QED) is 0.383. The summed E-state index contributed by atoms with van der Waals surface area (Å²) in [6.07, 6.45) is 13.1. The Labute approximate surface area is 144 Å². The second-order valence-electron chi connectivity index (χ2n) is 6.54. The van der Waals surface area contributed by atoms with Crippen molar-refractivity contribution in [2.75, 3.05) is 19.6 Å². The molecule has 2 atom stereocenters. The van der Waals surface area contributed by atoms with E-state index in [-0.39, 0.29) is 0 Å². The lowest BCUT2D eigenvalue weighted by atomic mass is 10.1. The Balaban J connectivity index is 0.000000561. The summed E-state index contributed by atoms with van der Waals surface area (Å²) in [5, 5.41) is 0. The maximum Gasteiger partial charge on any atom is 0.485 e. The smallest absolute Gasteiger partial charge is 0.485 e. The molecule has 146 valence electrons. The number of nitrogens with one attached hydrogen (secondary N) is 1. The first-order valence-corrected chi connectivity index (χ1v) is 10.4. The van der Waals surface area contributed by atoms with Gasteiger partial charge in [0.2, 0.25) is 0 Å². The van der Waals surface area contributed by atoms with Crippen molar-refractivity contribution in [3.8, 4) is 0 Å². The molecule has 1 saturated heterocycles. The van der Waals surface area contributed by atoms with Gasteiger partial charge in [-0.15, -0.1) is 0 Å². The molecule has 24 heavy (non-hydrogen) atoms. The maximum absolute atomic E-state index is 10.7. The lowest BCUT2D eigenvalue weighted by molar-refractivity contribution is -0.889. The molecule has 0 spiro atoms. The highest BCUT2D eigenvalue weighted by atomic mass is 32.2. The molecule has 1 heterocycles. The van der Waals surface area contributed by atoms with Gasteiger partial charge in [0.1, 0.15) is 0 Å². The monoisotopic (exact) mass is 375 g/mol. The zero-order valence-electron chi connectivity index (χ0n) is 14.8. The summed E-state index contributed by atoms with van der Waals surface area (Å²) in [7, 11) is -6.09. The van der Waals surface area contributed by atoms with Gasteiger partial charge in [-0.25, -0.2) is 8.42 Å². The Morgan fingerprint density at radius 2 is 1.54 bits per heavy atom. The van der Waals surface area contributed by atoms with Crippen LogP contribution in [-0.2, 0) is 10.1 Å². The average Bonchev–Trinajstić information content (AvgIpc) is 2.93. The van der Waals surface area contributed by atoms with Gasteiger partial charge < -0.3 is 9.45 Å². The molecule has 0 amide bonds. The van der Waals surface area contributed by atoms with Gasteiger partial charge in [0.15, 0.2) is 10.1 Å². The number of hydrogen-bond donors (Lipinski definition) is 1. The molecule has 1 aliphatic heterocycles. The third-order valence-electron chi connectivity index (χ3n) is 4.48. The molecule has 0 radical (unpaired) electrons. The van der Waals surface area contributed by atoms with E-state index in [4.69, 9.17) is 13.0 Å². The third kappa shape index (κ3) is 11.3. The van der Waals surface area contributed by atoms with E-state index in [2.05, 4.69) is 13.8 Å². The molecule has 1 N–H and O–H groups in total. The Bertz CT molecular complexity index is 413. The van der Waals surface area contributed by atoms with Gasteiger partial charge in [-0.3, -0.25) is 0 Å². The zero-order chi connectivity index (χ0) is 18.6. The van der Waals surface area contributed by atoms with Crippen molar-refractivity contribution in [2.24, 2.45) is 5.92 Å². The van der Waals surface area contributed by atoms with Gasteiger partial charge in [-0.1, -0.05) is 46.0 Å². The van der Waals surface area contributed by atoms with Crippen molar-refractivity contribution < 1.29 is 31.0 Å². The second-order valence-corrected chi connectivity index (χ2v) is 7.91. The van der Waals surface area contributed by atoms with E-state index in [9.17, 15) is 13.2 Å². The molecule has 0 bridgehead atoms. The first-order valence-electron chi connectivity index (χ1n) is 8.97. The van der Waals surface area contributed by atoms with Crippen LogP contribution in [0.5, 0.6) is 0 Å². The second kappa shape index (κ2) is 12.1. The highest BCUT2D eigenvalue weighted by molar-refractivity contribution is 7.86. The van der Waals surface area contributed by atoms with Gasteiger partial charge in [-0.05, 0) is 19.3 Å². The fourth-order valence-corrected chi connectivity index (χ4v) is 2.93. The molecule has 2 unspecified atom stereocenters. The number of likely N-dealkylation sites (tertiary alicyclic amines) is 1. The minimum atomic E-state index is -6.09. The Morgan fingerprint density at radius 3 is 1.96 bits per heavy atom. The van der Waals surface area contributed by atoms with Gasteiger partial charge in [0.25, 0.3) is 0 Å². The van der Waals surface area contributed by atoms with E-state index in [1.807, 2.05) is 4.90 Å². The van der Waals surface area contributed by atoms with Crippen molar-refractivity contribution in [1.82, 2.24) is 0 Å². The number of halogens is 3. The standard InChI is InChI=1S/C15H31N.CHF3O3S/c1-3-5-6-7-8-9-10-12-16-13-11-15(4-2)14-16;2-1(3,4)8(5,6)7/h15H,3-14H2,1-2H3;(H,5,6,7). The first-order chi connectivity index (χ1) is 11.1. The summed E-state index contributed by atoms with van der Waals surface area (Å²) >= 11 is 0. The van der Waals surface area contributed by atoms with Crippen LogP contribution in [0.15, 0.2) is 0 Å². The molecule has 0 aromatic carbocycles. The zero-order valence-corrected chi connectivity index (χ0v) is 15.6. The van der Waals surface area contributed by atoms with E-state index in [0.29, 0.717) is 0 Å². The predicted molar refractivity (Wildman–Crippen MR) is 87.7 cm³/mol. The van der Waals surface area contributed by atoms with Gasteiger partial charge in [0, 0.05) is 12.3 Å². The summed E-state index contributed by atoms with van der Waals surface area (Å²) < 4.78 is 58.9. The van der Waals surface area contributed by atoms with Crippen LogP contribution in [0, 0.1) is 5.92 Å². The number of rotatable bonds is 9. The summed E-state index contributed by atoms with van der Waals surface area (Å²) in [4.78, 5) is 1.89. The molecule has 1 fully saturated rings. The largest absolute Gasteiger partial charge is 0.741 e. The third-order valence-corrected chi connectivity index (χ3v) is 5.05. The molecular formula is C16H32F3NO3S. The van der Waals surface area contributed by atoms with E-state index in [1.54, 1.807) is 0 Å². The normalized spacial score (nSPS) is 21.4. The van der Waals surface area contributed by atoms with E-state index in [1.165, 1.54) is 77.4 Å².